The maximum absolute atomic E-state index is 11.0. The number of carbonyl (C=O) groups is 1. The second-order valence-corrected chi connectivity index (χ2v) is 4.43. The molecule has 0 saturated heterocycles. The van der Waals surface area contributed by atoms with E-state index in [1.54, 1.807) is 0 Å². The molecule has 4 heteroatoms. The van der Waals surface area contributed by atoms with Gasteiger partial charge in [-0.2, -0.15) is 0 Å². The van der Waals surface area contributed by atoms with Gasteiger partial charge in [-0.3, -0.25) is 0 Å². The van der Waals surface area contributed by atoms with Crippen molar-refractivity contribution in [1.29, 1.82) is 0 Å². The third-order valence-electron chi connectivity index (χ3n) is 2.27. The standard InChI is InChI=1S/C11H13IO3/c1-7-8(4-3-5-9(7)12)6-10(13)11(14)15-2/h3-5,10,13H,6H2,1-2H3. The number of hydrogen-bond acceptors (Lipinski definition) is 3. The summed E-state index contributed by atoms with van der Waals surface area (Å²) >= 11 is 2.23. The second-order valence-electron chi connectivity index (χ2n) is 3.27. The smallest absolute Gasteiger partial charge is 0.335 e. The van der Waals surface area contributed by atoms with Crippen LogP contribution in [0.1, 0.15) is 11.1 Å². The Hall–Kier alpha value is -0.620. The average molecular weight is 320 g/mol. The molecule has 0 aliphatic rings. The molecule has 0 radical (unpaired) electrons. The molecule has 15 heavy (non-hydrogen) atoms. The maximum Gasteiger partial charge on any atom is 0.335 e. The molecule has 1 atom stereocenters. The van der Waals surface area contributed by atoms with Crippen molar-refractivity contribution in [2.45, 2.75) is 19.4 Å². The van der Waals surface area contributed by atoms with E-state index in [0.29, 0.717) is 6.42 Å². The summed E-state index contributed by atoms with van der Waals surface area (Å²) in [7, 11) is 1.27. The van der Waals surface area contributed by atoms with E-state index in [-0.39, 0.29) is 0 Å². The number of aliphatic hydroxyl groups excluding tert-OH is 1. The van der Waals surface area contributed by atoms with Gasteiger partial charge in [0.25, 0.3) is 0 Å². The van der Waals surface area contributed by atoms with E-state index >= 15 is 0 Å². The Morgan fingerprint density at radius 2 is 2.27 bits per heavy atom. The van der Waals surface area contributed by atoms with Crippen molar-refractivity contribution in [3.8, 4) is 0 Å². The number of methoxy groups -OCH3 is 1. The first-order valence-electron chi connectivity index (χ1n) is 4.56. The average Bonchev–Trinajstić information content (AvgIpc) is 2.23. The Morgan fingerprint density at radius 3 is 2.87 bits per heavy atom. The Labute approximate surface area is 103 Å². The van der Waals surface area contributed by atoms with Crippen LogP contribution in [-0.4, -0.2) is 24.3 Å². The molecule has 82 valence electrons. The zero-order valence-corrected chi connectivity index (χ0v) is 10.8. The van der Waals surface area contributed by atoms with Crippen LogP contribution in [0.4, 0.5) is 0 Å². The molecule has 1 N–H and O–H groups in total. The molecule has 0 amide bonds. The van der Waals surface area contributed by atoms with Gasteiger partial charge in [-0.25, -0.2) is 4.79 Å². The van der Waals surface area contributed by atoms with Crippen molar-refractivity contribution < 1.29 is 14.6 Å². The highest BCUT2D eigenvalue weighted by molar-refractivity contribution is 14.1. The number of esters is 1. The van der Waals surface area contributed by atoms with Gasteiger partial charge in [0.1, 0.15) is 0 Å². The van der Waals surface area contributed by atoms with Crippen molar-refractivity contribution >= 4 is 28.6 Å². The van der Waals surface area contributed by atoms with Gasteiger partial charge in [0, 0.05) is 9.99 Å². The van der Waals surface area contributed by atoms with Gasteiger partial charge in [0.05, 0.1) is 7.11 Å². The monoisotopic (exact) mass is 320 g/mol. The van der Waals surface area contributed by atoms with Crippen LogP contribution < -0.4 is 0 Å². The van der Waals surface area contributed by atoms with Crippen LogP contribution in [0, 0.1) is 10.5 Å². The van der Waals surface area contributed by atoms with E-state index in [0.717, 1.165) is 14.7 Å². The lowest BCUT2D eigenvalue weighted by atomic mass is 10.0. The quantitative estimate of drug-likeness (QED) is 0.681. The summed E-state index contributed by atoms with van der Waals surface area (Å²) in [4.78, 5) is 11.0. The summed E-state index contributed by atoms with van der Waals surface area (Å²) in [5.74, 6) is -0.590. The number of aliphatic hydroxyl groups is 1. The summed E-state index contributed by atoms with van der Waals surface area (Å²) in [5.41, 5.74) is 2.07. The summed E-state index contributed by atoms with van der Waals surface area (Å²) in [6.45, 7) is 1.97. The van der Waals surface area contributed by atoms with Gasteiger partial charge in [-0.1, -0.05) is 12.1 Å². The molecular weight excluding hydrogens is 307 g/mol. The van der Waals surface area contributed by atoms with Crippen molar-refractivity contribution in [1.82, 2.24) is 0 Å². The minimum Gasteiger partial charge on any atom is -0.467 e. The van der Waals surface area contributed by atoms with E-state index in [9.17, 15) is 9.90 Å². The Kier molecular flexibility index (Phi) is 4.53. The molecule has 1 aromatic rings. The zero-order chi connectivity index (χ0) is 11.4. The van der Waals surface area contributed by atoms with Crippen LogP contribution in [0.5, 0.6) is 0 Å². The molecule has 0 aliphatic heterocycles. The SMILES string of the molecule is COC(=O)C(O)Cc1cccc(I)c1C. The molecule has 0 fully saturated rings. The van der Waals surface area contributed by atoms with E-state index in [2.05, 4.69) is 27.3 Å². The molecule has 1 unspecified atom stereocenters. The van der Waals surface area contributed by atoms with E-state index in [1.807, 2.05) is 25.1 Å². The number of halogens is 1. The first kappa shape index (κ1) is 12.4. The predicted molar refractivity (Wildman–Crippen MR) is 65.6 cm³/mol. The largest absolute Gasteiger partial charge is 0.467 e. The van der Waals surface area contributed by atoms with Gasteiger partial charge in [0.15, 0.2) is 6.10 Å². The predicted octanol–water partition coefficient (Wildman–Crippen LogP) is 1.68. The lowest BCUT2D eigenvalue weighted by Gasteiger charge is -2.11. The molecular formula is C11H13IO3. The maximum atomic E-state index is 11.0. The first-order chi connectivity index (χ1) is 7.06. The van der Waals surface area contributed by atoms with Crippen LogP contribution in [0.3, 0.4) is 0 Å². The highest BCUT2D eigenvalue weighted by atomic mass is 127. The summed E-state index contributed by atoms with van der Waals surface area (Å²) in [5, 5.41) is 9.51. The Balaban J connectivity index is 2.81. The van der Waals surface area contributed by atoms with Gasteiger partial charge in [-0.15, -0.1) is 0 Å². The van der Waals surface area contributed by atoms with Crippen LogP contribution in [-0.2, 0) is 16.0 Å². The molecule has 3 nitrogen and oxygen atoms in total. The van der Waals surface area contributed by atoms with Crippen LogP contribution in [0.15, 0.2) is 18.2 Å². The number of rotatable bonds is 3. The van der Waals surface area contributed by atoms with Crippen LogP contribution in [0.2, 0.25) is 0 Å². The molecule has 0 heterocycles. The van der Waals surface area contributed by atoms with E-state index in [4.69, 9.17) is 0 Å². The fourth-order valence-corrected chi connectivity index (χ4v) is 1.85. The zero-order valence-electron chi connectivity index (χ0n) is 8.66. The van der Waals surface area contributed by atoms with Crippen molar-refractivity contribution in [3.05, 3.63) is 32.9 Å². The fourth-order valence-electron chi connectivity index (χ4n) is 1.30. The van der Waals surface area contributed by atoms with Gasteiger partial charge < -0.3 is 9.84 Å². The minimum absolute atomic E-state index is 0.301. The lowest BCUT2D eigenvalue weighted by molar-refractivity contribution is -0.150. The normalized spacial score (nSPS) is 12.3. The lowest BCUT2D eigenvalue weighted by Crippen LogP contribution is -2.24. The summed E-state index contributed by atoms with van der Waals surface area (Å²) < 4.78 is 5.59. The fraction of sp³-hybridized carbons (Fsp3) is 0.364. The van der Waals surface area contributed by atoms with Gasteiger partial charge in [-0.05, 0) is 46.7 Å². The Bertz CT molecular complexity index is 363. The molecule has 1 aromatic carbocycles. The Morgan fingerprint density at radius 1 is 1.60 bits per heavy atom. The first-order valence-corrected chi connectivity index (χ1v) is 5.64. The number of carbonyl (C=O) groups excluding carboxylic acids is 1. The third-order valence-corrected chi connectivity index (χ3v) is 3.44. The van der Waals surface area contributed by atoms with Crippen LogP contribution >= 0.6 is 22.6 Å². The molecule has 0 saturated carbocycles. The number of hydrogen-bond donors (Lipinski definition) is 1. The highest BCUT2D eigenvalue weighted by Crippen LogP contribution is 2.17. The van der Waals surface area contributed by atoms with E-state index < -0.39 is 12.1 Å². The third kappa shape index (κ3) is 3.17. The molecule has 0 spiro atoms. The van der Waals surface area contributed by atoms with Crippen molar-refractivity contribution in [2.24, 2.45) is 0 Å². The summed E-state index contributed by atoms with van der Waals surface area (Å²) in [6.07, 6.45) is -0.776. The molecule has 0 aliphatic carbocycles. The molecule has 1 rings (SSSR count). The van der Waals surface area contributed by atoms with Crippen molar-refractivity contribution in [2.75, 3.05) is 7.11 Å². The number of benzene rings is 1. The molecule has 0 aromatic heterocycles. The highest BCUT2D eigenvalue weighted by Gasteiger charge is 2.17. The molecule has 0 bridgehead atoms. The van der Waals surface area contributed by atoms with Crippen LogP contribution in [0.25, 0.3) is 0 Å². The van der Waals surface area contributed by atoms with Gasteiger partial charge in [0.2, 0.25) is 0 Å². The van der Waals surface area contributed by atoms with Crippen molar-refractivity contribution in [3.63, 3.8) is 0 Å². The summed E-state index contributed by atoms with van der Waals surface area (Å²) in [6, 6.07) is 5.81. The number of ether oxygens (including phenoxy) is 1. The second kappa shape index (κ2) is 5.46. The van der Waals surface area contributed by atoms with E-state index in [1.165, 1.54) is 7.11 Å². The topological polar surface area (TPSA) is 46.5 Å². The minimum atomic E-state index is -1.08. The van der Waals surface area contributed by atoms with Gasteiger partial charge >= 0.3 is 5.97 Å².